The van der Waals surface area contributed by atoms with Crippen LogP contribution in [-0.2, 0) is 13.1 Å². The zero-order valence-electron chi connectivity index (χ0n) is 15.1. The van der Waals surface area contributed by atoms with Gasteiger partial charge in [-0.15, -0.1) is 0 Å². The maximum atomic E-state index is 4.45. The van der Waals surface area contributed by atoms with Crippen molar-refractivity contribution in [3.05, 3.63) is 90.6 Å². The molecule has 4 aromatic rings. The van der Waals surface area contributed by atoms with Crippen LogP contribution < -0.4 is 0 Å². The van der Waals surface area contributed by atoms with E-state index in [1.807, 2.05) is 71.8 Å². The lowest BCUT2D eigenvalue weighted by Gasteiger charge is -2.15. The molecule has 0 aliphatic heterocycles. The second kappa shape index (κ2) is 7.88. The van der Waals surface area contributed by atoms with E-state index in [1.165, 1.54) is 0 Å². The molecule has 0 unspecified atom stereocenters. The van der Waals surface area contributed by atoms with Gasteiger partial charge in [-0.3, -0.25) is 9.88 Å². The van der Waals surface area contributed by atoms with Crippen molar-refractivity contribution in [2.45, 2.75) is 13.1 Å². The first kappa shape index (κ1) is 17.1. The van der Waals surface area contributed by atoms with Crippen molar-refractivity contribution in [1.82, 2.24) is 29.6 Å². The SMILES string of the molecule is CN(Cc1cnc(-c2ccccn2)nc1)Cc1cnn(-c2ccccc2)c1. The zero-order chi connectivity index (χ0) is 18.5. The molecule has 0 amide bonds. The van der Waals surface area contributed by atoms with E-state index >= 15 is 0 Å². The van der Waals surface area contributed by atoms with Crippen LogP contribution in [0.3, 0.4) is 0 Å². The molecule has 0 saturated carbocycles. The van der Waals surface area contributed by atoms with Crippen molar-refractivity contribution in [3.63, 3.8) is 0 Å². The number of pyridine rings is 1. The Bertz CT molecular complexity index is 980. The molecule has 4 rings (SSSR count). The highest BCUT2D eigenvalue weighted by Gasteiger charge is 2.07. The normalized spacial score (nSPS) is 11.0. The topological polar surface area (TPSA) is 59.7 Å². The van der Waals surface area contributed by atoms with Crippen LogP contribution in [-0.4, -0.2) is 36.7 Å². The fourth-order valence-electron chi connectivity index (χ4n) is 2.91. The smallest absolute Gasteiger partial charge is 0.178 e. The minimum Gasteiger partial charge on any atom is -0.298 e. The zero-order valence-corrected chi connectivity index (χ0v) is 15.1. The van der Waals surface area contributed by atoms with Gasteiger partial charge in [0, 0.05) is 49.0 Å². The molecule has 0 radical (unpaired) electrons. The number of hydrogen-bond acceptors (Lipinski definition) is 5. The van der Waals surface area contributed by atoms with Crippen LogP contribution >= 0.6 is 0 Å². The Morgan fingerprint density at radius 3 is 2.30 bits per heavy atom. The molecular weight excluding hydrogens is 336 g/mol. The summed E-state index contributed by atoms with van der Waals surface area (Å²) in [7, 11) is 2.08. The lowest BCUT2D eigenvalue weighted by atomic mass is 10.2. The molecule has 3 aromatic heterocycles. The predicted octanol–water partition coefficient (Wildman–Crippen LogP) is 3.36. The van der Waals surface area contributed by atoms with Crippen LogP contribution in [0, 0.1) is 0 Å². The molecule has 6 heteroatoms. The summed E-state index contributed by atoms with van der Waals surface area (Å²) in [5.41, 5.74) is 4.07. The molecule has 6 nitrogen and oxygen atoms in total. The molecule has 0 aliphatic rings. The number of nitrogens with zero attached hydrogens (tertiary/aromatic N) is 6. The maximum absolute atomic E-state index is 4.45. The van der Waals surface area contributed by atoms with Gasteiger partial charge in [0.2, 0.25) is 0 Å². The van der Waals surface area contributed by atoms with E-state index in [9.17, 15) is 0 Å². The van der Waals surface area contributed by atoms with Crippen LogP contribution in [0.15, 0.2) is 79.5 Å². The minimum atomic E-state index is 0.645. The van der Waals surface area contributed by atoms with Gasteiger partial charge in [-0.1, -0.05) is 24.3 Å². The molecular formula is C21H20N6. The Labute approximate surface area is 158 Å². The van der Waals surface area contributed by atoms with Crippen LogP contribution in [0.1, 0.15) is 11.1 Å². The molecule has 0 fully saturated rings. The van der Waals surface area contributed by atoms with Crippen LogP contribution in [0.4, 0.5) is 0 Å². The predicted molar refractivity (Wildman–Crippen MR) is 104 cm³/mol. The highest BCUT2D eigenvalue weighted by atomic mass is 15.3. The van der Waals surface area contributed by atoms with Gasteiger partial charge in [-0.2, -0.15) is 5.10 Å². The van der Waals surface area contributed by atoms with Crippen LogP contribution in [0.2, 0.25) is 0 Å². The number of benzene rings is 1. The number of aromatic nitrogens is 5. The Kier molecular flexibility index (Phi) is 4.98. The highest BCUT2D eigenvalue weighted by molar-refractivity contribution is 5.47. The van der Waals surface area contributed by atoms with E-state index in [2.05, 4.69) is 38.2 Å². The van der Waals surface area contributed by atoms with Gasteiger partial charge in [0.1, 0.15) is 5.69 Å². The molecule has 0 bridgehead atoms. The quantitative estimate of drug-likeness (QED) is 0.530. The van der Waals surface area contributed by atoms with E-state index in [-0.39, 0.29) is 0 Å². The van der Waals surface area contributed by atoms with Gasteiger partial charge < -0.3 is 0 Å². The highest BCUT2D eigenvalue weighted by Crippen LogP contribution is 2.13. The third-order valence-electron chi connectivity index (χ3n) is 4.16. The summed E-state index contributed by atoms with van der Waals surface area (Å²) >= 11 is 0. The lowest BCUT2D eigenvalue weighted by molar-refractivity contribution is 0.318. The van der Waals surface area contributed by atoms with Gasteiger partial charge in [-0.05, 0) is 31.3 Å². The van der Waals surface area contributed by atoms with E-state index in [0.29, 0.717) is 5.82 Å². The van der Waals surface area contributed by atoms with Crippen molar-refractivity contribution < 1.29 is 0 Å². The third-order valence-corrected chi connectivity index (χ3v) is 4.16. The first-order chi connectivity index (χ1) is 13.3. The summed E-state index contributed by atoms with van der Waals surface area (Å²) in [5.74, 6) is 0.645. The van der Waals surface area contributed by atoms with Crippen LogP contribution in [0.25, 0.3) is 17.2 Å². The second-order valence-corrected chi connectivity index (χ2v) is 6.43. The summed E-state index contributed by atoms with van der Waals surface area (Å²) < 4.78 is 1.90. The molecule has 0 N–H and O–H groups in total. The average molecular weight is 356 g/mol. The fraction of sp³-hybridized carbons (Fsp3) is 0.143. The molecule has 1 aromatic carbocycles. The summed E-state index contributed by atoms with van der Waals surface area (Å²) in [6, 6.07) is 15.8. The molecule has 134 valence electrons. The summed E-state index contributed by atoms with van der Waals surface area (Å²) in [4.78, 5) is 15.4. The minimum absolute atomic E-state index is 0.645. The first-order valence-corrected chi connectivity index (χ1v) is 8.78. The maximum Gasteiger partial charge on any atom is 0.178 e. The fourth-order valence-corrected chi connectivity index (χ4v) is 2.91. The van der Waals surface area contributed by atoms with E-state index in [1.54, 1.807) is 6.20 Å². The van der Waals surface area contributed by atoms with Crippen molar-refractivity contribution in [2.75, 3.05) is 7.05 Å². The summed E-state index contributed by atoms with van der Waals surface area (Å²) in [5, 5.41) is 4.45. The van der Waals surface area contributed by atoms with Gasteiger partial charge >= 0.3 is 0 Å². The molecule has 0 atom stereocenters. The molecule has 27 heavy (non-hydrogen) atoms. The Morgan fingerprint density at radius 2 is 1.56 bits per heavy atom. The number of hydrogen-bond donors (Lipinski definition) is 0. The molecule has 0 saturated heterocycles. The van der Waals surface area contributed by atoms with Gasteiger partial charge in [-0.25, -0.2) is 14.6 Å². The molecule has 0 spiro atoms. The van der Waals surface area contributed by atoms with E-state index in [4.69, 9.17) is 0 Å². The number of rotatable bonds is 6. The number of para-hydroxylation sites is 1. The Morgan fingerprint density at radius 1 is 0.815 bits per heavy atom. The summed E-state index contributed by atoms with van der Waals surface area (Å²) in [6.45, 7) is 1.56. The third kappa shape index (κ3) is 4.24. The van der Waals surface area contributed by atoms with Gasteiger partial charge in [0.15, 0.2) is 5.82 Å². The molecule has 0 aliphatic carbocycles. The van der Waals surface area contributed by atoms with Crippen molar-refractivity contribution in [2.24, 2.45) is 0 Å². The average Bonchev–Trinajstić information content (AvgIpc) is 3.18. The second-order valence-electron chi connectivity index (χ2n) is 6.43. The van der Waals surface area contributed by atoms with E-state index in [0.717, 1.165) is 35.6 Å². The molecule has 3 heterocycles. The van der Waals surface area contributed by atoms with Crippen LogP contribution in [0.5, 0.6) is 0 Å². The standard InChI is InChI=1S/C21H20N6/c1-26(15-18-13-25-27(16-18)19-7-3-2-4-8-19)14-17-11-23-21(24-12-17)20-9-5-6-10-22-20/h2-13,16H,14-15H2,1H3. The Balaban J connectivity index is 1.38. The van der Waals surface area contributed by atoms with Gasteiger partial charge in [0.25, 0.3) is 0 Å². The monoisotopic (exact) mass is 356 g/mol. The van der Waals surface area contributed by atoms with Crippen molar-refractivity contribution in [1.29, 1.82) is 0 Å². The first-order valence-electron chi connectivity index (χ1n) is 8.78. The Hall–Kier alpha value is -3.38. The van der Waals surface area contributed by atoms with Crippen molar-refractivity contribution in [3.8, 4) is 17.2 Å². The lowest BCUT2D eigenvalue weighted by Crippen LogP contribution is -2.17. The van der Waals surface area contributed by atoms with Gasteiger partial charge in [0.05, 0.1) is 11.9 Å². The largest absolute Gasteiger partial charge is 0.298 e. The van der Waals surface area contributed by atoms with Crippen molar-refractivity contribution >= 4 is 0 Å². The summed E-state index contributed by atoms with van der Waals surface area (Å²) in [6.07, 6.45) is 9.44. The van der Waals surface area contributed by atoms with E-state index < -0.39 is 0 Å².